The molecule has 20 heavy (non-hydrogen) atoms. The molecule has 4 rings (SSSR count). The van der Waals surface area contributed by atoms with Crippen molar-refractivity contribution < 1.29 is 4.79 Å². The fourth-order valence-electron chi connectivity index (χ4n) is 4.00. The lowest BCUT2D eigenvalue weighted by molar-refractivity contribution is -0.121. The first kappa shape index (κ1) is 11.9. The summed E-state index contributed by atoms with van der Waals surface area (Å²) in [5.74, 6) is 1.81. The number of para-hydroxylation sites is 1. The Morgan fingerprint density at radius 2 is 2.05 bits per heavy atom. The van der Waals surface area contributed by atoms with Crippen molar-refractivity contribution >= 4 is 22.5 Å². The van der Waals surface area contributed by atoms with Gasteiger partial charge in [-0.2, -0.15) is 0 Å². The minimum atomic E-state index is 0.190. The van der Waals surface area contributed by atoms with Crippen molar-refractivity contribution in [3.05, 3.63) is 36.5 Å². The lowest BCUT2D eigenvalue weighted by atomic mass is 9.88. The molecule has 2 fully saturated rings. The molecule has 0 saturated heterocycles. The molecule has 1 aromatic heterocycles. The Labute approximate surface area is 118 Å². The topological polar surface area (TPSA) is 42.0 Å². The quantitative estimate of drug-likeness (QED) is 0.902. The fourth-order valence-corrected chi connectivity index (χ4v) is 4.00. The van der Waals surface area contributed by atoms with Crippen LogP contribution in [0, 0.1) is 17.8 Å². The highest BCUT2D eigenvalue weighted by molar-refractivity contribution is 6.01. The molecule has 2 bridgehead atoms. The normalized spacial score (nSPS) is 27.9. The molecule has 2 aliphatic rings. The van der Waals surface area contributed by atoms with Gasteiger partial charge in [-0.05, 0) is 43.2 Å². The molecule has 2 aliphatic carbocycles. The van der Waals surface area contributed by atoms with Crippen LogP contribution in [0.1, 0.15) is 25.7 Å². The standard InChI is InChI=1S/C17H18N2O/c20-17(14-10-11-6-7-13(14)9-11)19-15-5-1-3-12-4-2-8-18-16(12)15/h1-5,8,11,13-14H,6-7,9-10H2,(H,19,20)/t11-,13+,14-/m1/s1. The van der Waals surface area contributed by atoms with E-state index in [1.807, 2.05) is 30.3 Å². The van der Waals surface area contributed by atoms with Crippen molar-refractivity contribution in [2.24, 2.45) is 17.8 Å². The molecule has 1 N–H and O–H groups in total. The van der Waals surface area contributed by atoms with Crippen LogP contribution < -0.4 is 5.32 Å². The van der Waals surface area contributed by atoms with Crippen molar-refractivity contribution in [2.45, 2.75) is 25.7 Å². The number of pyridine rings is 1. The summed E-state index contributed by atoms with van der Waals surface area (Å²) in [6.45, 7) is 0. The maximum absolute atomic E-state index is 12.5. The minimum Gasteiger partial charge on any atom is -0.324 e. The van der Waals surface area contributed by atoms with E-state index in [1.165, 1.54) is 19.3 Å². The maximum atomic E-state index is 12.5. The van der Waals surface area contributed by atoms with Crippen LogP contribution in [-0.4, -0.2) is 10.9 Å². The van der Waals surface area contributed by atoms with Gasteiger partial charge in [-0.3, -0.25) is 9.78 Å². The monoisotopic (exact) mass is 266 g/mol. The third-order valence-electron chi connectivity index (χ3n) is 4.97. The molecular weight excluding hydrogens is 248 g/mol. The van der Waals surface area contributed by atoms with E-state index in [9.17, 15) is 4.79 Å². The number of carbonyl (C=O) groups excluding carboxylic acids is 1. The Morgan fingerprint density at radius 1 is 1.15 bits per heavy atom. The molecule has 0 unspecified atom stereocenters. The third-order valence-corrected chi connectivity index (χ3v) is 4.97. The second kappa shape index (κ2) is 4.58. The molecule has 2 aromatic rings. The van der Waals surface area contributed by atoms with E-state index in [2.05, 4.69) is 10.3 Å². The Bertz CT molecular complexity index is 662. The number of benzene rings is 1. The number of fused-ring (bicyclic) bond motifs is 3. The van der Waals surface area contributed by atoms with Crippen molar-refractivity contribution in [3.63, 3.8) is 0 Å². The summed E-state index contributed by atoms with van der Waals surface area (Å²) in [5.41, 5.74) is 1.72. The molecule has 1 amide bonds. The van der Waals surface area contributed by atoms with E-state index in [0.29, 0.717) is 5.92 Å². The summed E-state index contributed by atoms with van der Waals surface area (Å²) >= 11 is 0. The van der Waals surface area contributed by atoms with Crippen LogP contribution in [0.4, 0.5) is 5.69 Å². The Morgan fingerprint density at radius 3 is 2.85 bits per heavy atom. The summed E-state index contributed by atoms with van der Waals surface area (Å²) in [4.78, 5) is 16.9. The first-order valence-electron chi connectivity index (χ1n) is 7.46. The van der Waals surface area contributed by atoms with Gasteiger partial charge < -0.3 is 5.32 Å². The molecule has 3 heteroatoms. The number of amides is 1. The number of rotatable bonds is 2. The number of anilines is 1. The van der Waals surface area contributed by atoms with E-state index in [4.69, 9.17) is 0 Å². The van der Waals surface area contributed by atoms with E-state index >= 15 is 0 Å². The highest BCUT2D eigenvalue weighted by atomic mass is 16.1. The highest BCUT2D eigenvalue weighted by Crippen LogP contribution is 2.48. The average Bonchev–Trinajstić information content (AvgIpc) is 3.10. The zero-order valence-corrected chi connectivity index (χ0v) is 11.4. The second-order valence-electron chi connectivity index (χ2n) is 6.15. The highest BCUT2D eigenvalue weighted by Gasteiger charge is 2.43. The van der Waals surface area contributed by atoms with Crippen LogP contribution in [0.3, 0.4) is 0 Å². The first-order chi connectivity index (χ1) is 9.81. The van der Waals surface area contributed by atoms with E-state index in [-0.39, 0.29) is 11.8 Å². The number of aromatic nitrogens is 1. The van der Waals surface area contributed by atoms with Crippen molar-refractivity contribution in [2.75, 3.05) is 5.32 Å². The van der Waals surface area contributed by atoms with Gasteiger partial charge in [0.15, 0.2) is 0 Å². The largest absolute Gasteiger partial charge is 0.324 e. The summed E-state index contributed by atoms with van der Waals surface area (Å²) in [7, 11) is 0. The summed E-state index contributed by atoms with van der Waals surface area (Å²) in [5, 5.41) is 4.18. The summed E-state index contributed by atoms with van der Waals surface area (Å²) in [6, 6.07) is 9.88. The summed E-state index contributed by atoms with van der Waals surface area (Å²) in [6.07, 6.45) is 6.66. The summed E-state index contributed by atoms with van der Waals surface area (Å²) < 4.78 is 0. The molecule has 0 radical (unpaired) electrons. The van der Waals surface area contributed by atoms with Gasteiger partial charge in [0.2, 0.25) is 5.91 Å². The molecule has 1 aromatic carbocycles. The van der Waals surface area contributed by atoms with Crippen LogP contribution in [-0.2, 0) is 4.79 Å². The second-order valence-corrected chi connectivity index (χ2v) is 6.15. The lowest BCUT2D eigenvalue weighted by Gasteiger charge is -2.21. The van der Waals surface area contributed by atoms with Crippen LogP contribution in [0.25, 0.3) is 10.9 Å². The third kappa shape index (κ3) is 1.89. The Hall–Kier alpha value is -1.90. The van der Waals surface area contributed by atoms with Crippen molar-refractivity contribution in [3.8, 4) is 0 Å². The van der Waals surface area contributed by atoms with Gasteiger partial charge in [0.05, 0.1) is 11.2 Å². The molecule has 3 atom stereocenters. The van der Waals surface area contributed by atoms with Gasteiger partial charge in [0.25, 0.3) is 0 Å². The molecule has 0 spiro atoms. The lowest BCUT2D eigenvalue weighted by Crippen LogP contribution is -2.27. The predicted octanol–water partition coefficient (Wildman–Crippen LogP) is 3.61. The maximum Gasteiger partial charge on any atom is 0.227 e. The number of nitrogens with zero attached hydrogens (tertiary/aromatic N) is 1. The van der Waals surface area contributed by atoms with Gasteiger partial charge in [-0.1, -0.05) is 24.6 Å². The van der Waals surface area contributed by atoms with Crippen LogP contribution in [0.15, 0.2) is 36.5 Å². The predicted molar refractivity (Wildman–Crippen MR) is 79.3 cm³/mol. The number of nitrogens with one attached hydrogen (secondary N) is 1. The van der Waals surface area contributed by atoms with Gasteiger partial charge >= 0.3 is 0 Å². The molecule has 2 saturated carbocycles. The van der Waals surface area contributed by atoms with E-state index < -0.39 is 0 Å². The molecule has 0 aliphatic heterocycles. The van der Waals surface area contributed by atoms with Crippen LogP contribution >= 0.6 is 0 Å². The number of hydrogen-bond donors (Lipinski definition) is 1. The fraction of sp³-hybridized carbons (Fsp3) is 0.412. The number of hydrogen-bond acceptors (Lipinski definition) is 2. The molecule has 102 valence electrons. The van der Waals surface area contributed by atoms with Crippen molar-refractivity contribution in [1.82, 2.24) is 4.98 Å². The average molecular weight is 266 g/mol. The molecular formula is C17H18N2O. The van der Waals surface area contributed by atoms with E-state index in [0.717, 1.165) is 28.9 Å². The van der Waals surface area contributed by atoms with Crippen LogP contribution in [0.5, 0.6) is 0 Å². The first-order valence-corrected chi connectivity index (χ1v) is 7.46. The van der Waals surface area contributed by atoms with Gasteiger partial charge in [0, 0.05) is 17.5 Å². The molecule has 1 heterocycles. The number of carbonyl (C=O) groups is 1. The van der Waals surface area contributed by atoms with E-state index in [1.54, 1.807) is 6.20 Å². The Balaban J connectivity index is 1.60. The van der Waals surface area contributed by atoms with Gasteiger partial charge in [0.1, 0.15) is 0 Å². The minimum absolute atomic E-state index is 0.190. The smallest absolute Gasteiger partial charge is 0.227 e. The van der Waals surface area contributed by atoms with Crippen molar-refractivity contribution in [1.29, 1.82) is 0 Å². The van der Waals surface area contributed by atoms with Crippen LogP contribution in [0.2, 0.25) is 0 Å². The van der Waals surface area contributed by atoms with Gasteiger partial charge in [-0.25, -0.2) is 0 Å². The zero-order valence-electron chi connectivity index (χ0n) is 11.4. The molecule has 3 nitrogen and oxygen atoms in total. The SMILES string of the molecule is O=C(Nc1cccc2cccnc12)[C@@H]1C[C@@H]2CC[C@H]1C2. The Kier molecular flexibility index (Phi) is 2.72. The van der Waals surface area contributed by atoms with Gasteiger partial charge in [-0.15, -0.1) is 0 Å². The zero-order chi connectivity index (χ0) is 13.5.